The fourth-order valence-corrected chi connectivity index (χ4v) is 1.59. The summed E-state index contributed by atoms with van der Waals surface area (Å²) in [7, 11) is 0. The molecule has 0 aromatic carbocycles. The standard InChI is InChI=1S/C10H17N5/c1-6(2)8-9(14-7-3-4-7)12-5-13-10(8)15-11/h5-7H,3-4,11H2,1-2H3,(H2,12,13,14,15). The molecular formula is C10H17N5. The van der Waals surface area contributed by atoms with Gasteiger partial charge in [0, 0.05) is 11.6 Å². The van der Waals surface area contributed by atoms with Crippen LogP contribution in [-0.2, 0) is 0 Å². The van der Waals surface area contributed by atoms with E-state index in [1.807, 2.05) is 0 Å². The van der Waals surface area contributed by atoms with Gasteiger partial charge in [-0.15, -0.1) is 0 Å². The van der Waals surface area contributed by atoms with Gasteiger partial charge in [0.25, 0.3) is 0 Å². The van der Waals surface area contributed by atoms with Gasteiger partial charge in [-0.1, -0.05) is 13.8 Å². The lowest BCUT2D eigenvalue weighted by molar-refractivity contribution is 0.844. The molecule has 1 saturated carbocycles. The number of nitrogens with zero attached hydrogens (tertiary/aromatic N) is 2. The Kier molecular flexibility index (Phi) is 2.73. The minimum Gasteiger partial charge on any atom is -0.367 e. The van der Waals surface area contributed by atoms with Gasteiger partial charge in [0.2, 0.25) is 0 Å². The molecule has 1 aliphatic rings. The lowest BCUT2D eigenvalue weighted by Crippen LogP contribution is -2.15. The molecule has 1 aromatic heterocycles. The Balaban J connectivity index is 2.32. The van der Waals surface area contributed by atoms with Crippen LogP contribution in [0.15, 0.2) is 6.33 Å². The van der Waals surface area contributed by atoms with E-state index in [-0.39, 0.29) is 0 Å². The van der Waals surface area contributed by atoms with Crippen LogP contribution in [0.5, 0.6) is 0 Å². The van der Waals surface area contributed by atoms with Crippen molar-refractivity contribution in [1.82, 2.24) is 9.97 Å². The number of nitrogens with two attached hydrogens (primary N) is 1. The molecule has 0 bridgehead atoms. The second kappa shape index (κ2) is 4.02. The molecule has 0 saturated heterocycles. The Morgan fingerprint density at radius 3 is 2.53 bits per heavy atom. The minimum atomic E-state index is 0.346. The van der Waals surface area contributed by atoms with Crippen LogP contribution in [0.4, 0.5) is 11.6 Å². The largest absolute Gasteiger partial charge is 0.367 e. The summed E-state index contributed by atoms with van der Waals surface area (Å²) >= 11 is 0. The lowest BCUT2D eigenvalue weighted by atomic mass is 10.0. The number of hydrogen-bond donors (Lipinski definition) is 3. The molecule has 5 heteroatoms. The first-order valence-corrected chi connectivity index (χ1v) is 5.30. The highest BCUT2D eigenvalue weighted by Gasteiger charge is 2.24. The monoisotopic (exact) mass is 207 g/mol. The van der Waals surface area contributed by atoms with Gasteiger partial charge in [-0.3, -0.25) is 0 Å². The van der Waals surface area contributed by atoms with E-state index in [0.717, 1.165) is 11.4 Å². The molecule has 1 heterocycles. The summed E-state index contributed by atoms with van der Waals surface area (Å²) in [6.45, 7) is 4.22. The van der Waals surface area contributed by atoms with Gasteiger partial charge < -0.3 is 10.7 Å². The molecule has 1 fully saturated rings. The second-order valence-corrected chi connectivity index (χ2v) is 4.20. The predicted octanol–water partition coefficient (Wildman–Crippen LogP) is 1.46. The average molecular weight is 207 g/mol. The highest BCUT2D eigenvalue weighted by molar-refractivity contribution is 5.59. The molecule has 15 heavy (non-hydrogen) atoms. The lowest BCUT2D eigenvalue weighted by Gasteiger charge is -2.15. The number of aromatic nitrogens is 2. The van der Waals surface area contributed by atoms with E-state index in [1.54, 1.807) is 0 Å². The van der Waals surface area contributed by atoms with Crippen LogP contribution in [-0.4, -0.2) is 16.0 Å². The number of nitrogen functional groups attached to an aromatic ring is 1. The zero-order valence-electron chi connectivity index (χ0n) is 9.12. The van der Waals surface area contributed by atoms with Crippen LogP contribution in [0.1, 0.15) is 38.2 Å². The summed E-state index contributed by atoms with van der Waals surface area (Å²) in [6, 6.07) is 0.586. The smallest absolute Gasteiger partial charge is 0.148 e. The maximum absolute atomic E-state index is 5.44. The van der Waals surface area contributed by atoms with Crippen molar-refractivity contribution in [2.45, 2.75) is 38.6 Å². The number of nitrogens with one attached hydrogen (secondary N) is 2. The normalized spacial score (nSPS) is 15.5. The third kappa shape index (κ3) is 2.18. The summed E-state index contributed by atoms with van der Waals surface area (Å²) in [5, 5.41) is 3.39. The Morgan fingerprint density at radius 1 is 1.33 bits per heavy atom. The molecule has 1 aliphatic carbocycles. The van der Waals surface area contributed by atoms with Gasteiger partial charge in [0.1, 0.15) is 18.0 Å². The van der Waals surface area contributed by atoms with E-state index in [4.69, 9.17) is 5.84 Å². The van der Waals surface area contributed by atoms with Crippen molar-refractivity contribution in [3.05, 3.63) is 11.9 Å². The highest BCUT2D eigenvalue weighted by atomic mass is 15.3. The van der Waals surface area contributed by atoms with Gasteiger partial charge in [0.05, 0.1) is 0 Å². The Hall–Kier alpha value is -1.36. The van der Waals surface area contributed by atoms with E-state index >= 15 is 0 Å². The van der Waals surface area contributed by atoms with E-state index in [0.29, 0.717) is 17.8 Å². The van der Waals surface area contributed by atoms with E-state index in [2.05, 4.69) is 34.6 Å². The average Bonchev–Trinajstić information content (AvgIpc) is 3.01. The molecule has 1 aromatic rings. The van der Waals surface area contributed by atoms with Crippen LogP contribution in [0.3, 0.4) is 0 Å². The Bertz CT molecular complexity index is 346. The van der Waals surface area contributed by atoms with Crippen molar-refractivity contribution in [2.24, 2.45) is 5.84 Å². The molecule has 5 nitrogen and oxygen atoms in total. The van der Waals surface area contributed by atoms with Gasteiger partial charge >= 0.3 is 0 Å². The summed E-state index contributed by atoms with van der Waals surface area (Å²) in [6.07, 6.45) is 3.99. The first-order chi connectivity index (χ1) is 7.22. The molecule has 0 radical (unpaired) electrons. The van der Waals surface area contributed by atoms with Crippen LogP contribution in [0, 0.1) is 0 Å². The van der Waals surface area contributed by atoms with Crippen molar-refractivity contribution in [3.63, 3.8) is 0 Å². The topological polar surface area (TPSA) is 75.9 Å². The van der Waals surface area contributed by atoms with Crippen LogP contribution < -0.4 is 16.6 Å². The van der Waals surface area contributed by atoms with Crippen LogP contribution in [0.2, 0.25) is 0 Å². The summed E-state index contributed by atoms with van der Waals surface area (Å²) in [5.74, 6) is 7.41. The maximum Gasteiger partial charge on any atom is 0.148 e. The molecule has 2 rings (SSSR count). The van der Waals surface area contributed by atoms with Crippen LogP contribution in [0.25, 0.3) is 0 Å². The van der Waals surface area contributed by atoms with E-state index in [9.17, 15) is 0 Å². The molecule has 0 unspecified atom stereocenters. The zero-order valence-corrected chi connectivity index (χ0v) is 9.12. The zero-order chi connectivity index (χ0) is 10.8. The number of rotatable bonds is 4. The Labute approximate surface area is 89.5 Å². The van der Waals surface area contributed by atoms with Crippen molar-refractivity contribution in [3.8, 4) is 0 Å². The molecular weight excluding hydrogens is 190 g/mol. The van der Waals surface area contributed by atoms with Crippen molar-refractivity contribution >= 4 is 11.6 Å². The van der Waals surface area contributed by atoms with Crippen molar-refractivity contribution in [2.75, 3.05) is 10.7 Å². The molecule has 4 N–H and O–H groups in total. The third-order valence-electron chi connectivity index (χ3n) is 2.52. The van der Waals surface area contributed by atoms with Gasteiger partial charge in [-0.25, -0.2) is 15.8 Å². The highest BCUT2D eigenvalue weighted by Crippen LogP contribution is 2.31. The first-order valence-electron chi connectivity index (χ1n) is 5.30. The summed E-state index contributed by atoms with van der Waals surface area (Å²) in [5.41, 5.74) is 3.68. The van der Waals surface area contributed by atoms with Crippen molar-refractivity contribution in [1.29, 1.82) is 0 Å². The summed E-state index contributed by atoms with van der Waals surface area (Å²) in [4.78, 5) is 8.39. The molecule has 0 atom stereocenters. The fourth-order valence-electron chi connectivity index (χ4n) is 1.59. The number of hydrogen-bond acceptors (Lipinski definition) is 5. The quantitative estimate of drug-likeness (QED) is 0.515. The van der Waals surface area contributed by atoms with Gasteiger partial charge in [-0.05, 0) is 18.8 Å². The summed E-state index contributed by atoms with van der Waals surface area (Å²) < 4.78 is 0. The molecule has 82 valence electrons. The fraction of sp³-hybridized carbons (Fsp3) is 0.600. The molecule has 0 amide bonds. The van der Waals surface area contributed by atoms with Crippen LogP contribution >= 0.6 is 0 Å². The minimum absolute atomic E-state index is 0.346. The Morgan fingerprint density at radius 2 is 2.00 bits per heavy atom. The number of anilines is 2. The predicted molar refractivity (Wildman–Crippen MR) is 60.6 cm³/mol. The van der Waals surface area contributed by atoms with Crippen molar-refractivity contribution < 1.29 is 0 Å². The molecule has 0 aliphatic heterocycles. The van der Waals surface area contributed by atoms with Gasteiger partial charge in [0.15, 0.2) is 0 Å². The number of hydrazine groups is 1. The maximum atomic E-state index is 5.44. The van der Waals surface area contributed by atoms with E-state index < -0.39 is 0 Å². The first kappa shape index (κ1) is 10.2. The second-order valence-electron chi connectivity index (χ2n) is 4.20. The SMILES string of the molecule is CC(C)c1c(NN)ncnc1NC1CC1. The third-order valence-corrected chi connectivity index (χ3v) is 2.52. The molecule has 0 spiro atoms. The van der Waals surface area contributed by atoms with Gasteiger partial charge in [-0.2, -0.15) is 0 Å². The van der Waals surface area contributed by atoms with E-state index in [1.165, 1.54) is 19.2 Å².